The van der Waals surface area contributed by atoms with Crippen LogP contribution < -0.4 is 4.90 Å². The molecule has 2 amide bonds. The Morgan fingerprint density at radius 1 is 1.06 bits per heavy atom. The minimum absolute atomic E-state index is 0.0896. The first-order valence-electron chi connectivity index (χ1n) is 6.27. The Morgan fingerprint density at radius 2 is 1.65 bits per heavy atom. The topological polar surface area (TPSA) is 23.6 Å². The molecule has 0 fully saturated rings. The van der Waals surface area contributed by atoms with Gasteiger partial charge >= 0.3 is 6.03 Å². The molecule has 0 aliphatic carbocycles. The smallest absolute Gasteiger partial charge is 0.324 e. The molecular weight excluding hydrogens is 212 g/mol. The highest BCUT2D eigenvalue weighted by molar-refractivity contribution is 5.92. The van der Waals surface area contributed by atoms with Crippen LogP contribution in [0.4, 0.5) is 10.5 Å². The van der Waals surface area contributed by atoms with Gasteiger partial charge < -0.3 is 4.90 Å². The van der Waals surface area contributed by atoms with Gasteiger partial charge in [-0.05, 0) is 39.3 Å². The largest absolute Gasteiger partial charge is 0.325 e. The predicted octanol–water partition coefficient (Wildman–Crippen LogP) is 3.28. The predicted molar refractivity (Wildman–Crippen MR) is 72.5 cm³/mol. The van der Waals surface area contributed by atoms with Crippen LogP contribution in [0, 0.1) is 6.92 Å². The third kappa shape index (κ3) is 2.99. The first kappa shape index (κ1) is 13.6. The summed E-state index contributed by atoms with van der Waals surface area (Å²) in [6.07, 6.45) is 0. The highest BCUT2D eigenvalue weighted by Gasteiger charge is 2.19. The van der Waals surface area contributed by atoms with E-state index in [2.05, 4.69) is 0 Å². The second kappa shape index (κ2) is 6.28. The fourth-order valence-electron chi connectivity index (χ4n) is 1.94. The highest BCUT2D eigenvalue weighted by Crippen LogP contribution is 2.20. The van der Waals surface area contributed by atoms with Gasteiger partial charge in [-0.2, -0.15) is 0 Å². The molecule has 3 heteroatoms. The molecule has 0 N–H and O–H groups in total. The number of urea groups is 1. The van der Waals surface area contributed by atoms with Gasteiger partial charge in [0.2, 0.25) is 0 Å². The molecule has 0 saturated heterocycles. The van der Waals surface area contributed by atoms with Crippen molar-refractivity contribution >= 4 is 11.7 Å². The van der Waals surface area contributed by atoms with Crippen molar-refractivity contribution in [2.45, 2.75) is 27.7 Å². The number of rotatable bonds is 4. The summed E-state index contributed by atoms with van der Waals surface area (Å²) in [4.78, 5) is 16.0. The minimum atomic E-state index is 0.0896. The fourth-order valence-corrected chi connectivity index (χ4v) is 1.94. The number of nitrogens with zero attached hydrogens (tertiary/aromatic N) is 2. The lowest BCUT2D eigenvalue weighted by molar-refractivity contribution is 0.210. The van der Waals surface area contributed by atoms with Crippen LogP contribution in [-0.4, -0.2) is 30.6 Å². The van der Waals surface area contributed by atoms with Crippen LogP contribution in [0.2, 0.25) is 0 Å². The third-order valence-electron chi connectivity index (χ3n) is 2.99. The molecule has 0 radical (unpaired) electrons. The van der Waals surface area contributed by atoms with E-state index in [9.17, 15) is 4.79 Å². The Hall–Kier alpha value is -1.51. The molecule has 3 nitrogen and oxygen atoms in total. The van der Waals surface area contributed by atoms with E-state index in [0.29, 0.717) is 6.54 Å². The second-order valence-electron chi connectivity index (χ2n) is 3.99. The first-order valence-corrected chi connectivity index (χ1v) is 6.27. The van der Waals surface area contributed by atoms with E-state index in [1.807, 2.05) is 61.8 Å². The van der Waals surface area contributed by atoms with Gasteiger partial charge in [-0.15, -0.1) is 0 Å². The van der Waals surface area contributed by atoms with Gasteiger partial charge in [-0.1, -0.05) is 18.2 Å². The van der Waals surface area contributed by atoms with E-state index in [0.717, 1.165) is 24.3 Å². The number of hydrogen-bond donors (Lipinski definition) is 0. The number of hydrogen-bond acceptors (Lipinski definition) is 1. The highest BCUT2D eigenvalue weighted by atomic mass is 16.2. The normalized spacial score (nSPS) is 10.1. The molecule has 1 rings (SSSR count). The Morgan fingerprint density at radius 3 is 2.12 bits per heavy atom. The molecule has 1 aromatic rings. The van der Waals surface area contributed by atoms with Crippen LogP contribution in [0.1, 0.15) is 26.3 Å². The SMILES string of the molecule is CCN(CC)C(=O)N(CC)c1ccccc1C. The summed E-state index contributed by atoms with van der Waals surface area (Å²) in [6.45, 7) is 10.2. The van der Waals surface area contributed by atoms with Gasteiger partial charge in [0.1, 0.15) is 0 Å². The zero-order valence-electron chi connectivity index (χ0n) is 11.2. The number of aryl methyl sites for hydroxylation is 1. The Bertz CT molecular complexity index is 372. The van der Waals surface area contributed by atoms with E-state index in [4.69, 9.17) is 0 Å². The lowest BCUT2D eigenvalue weighted by atomic mass is 10.2. The van der Waals surface area contributed by atoms with Crippen LogP contribution >= 0.6 is 0 Å². The Labute approximate surface area is 104 Å². The number of carbonyl (C=O) groups excluding carboxylic acids is 1. The van der Waals surface area contributed by atoms with Crippen LogP contribution in [0.25, 0.3) is 0 Å². The summed E-state index contributed by atoms with van der Waals surface area (Å²) in [7, 11) is 0. The van der Waals surface area contributed by atoms with Crippen molar-refractivity contribution in [1.82, 2.24) is 4.90 Å². The average molecular weight is 234 g/mol. The molecule has 0 aliphatic rings. The first-order chi connectivity index (χ1) is 8.15. The lowest BCUT2D eigenvalue weighted by Gasteiger charge is -2.29. The summed E-state index contributed by atoms with van der Waals surface area (Å²) in [6, 6.07) is 8.09. The number of para-hydroxylation sites is 1. The van der Waals surface area contributed by atoms with E-state index < -0.39 is 0 Å². The fraction of sp³-hybridized carbons (Fsp3) is 0.500. The molecular formula is C14H22N2O. The second-order valence-corrected chi connectivity index (χ2v) is 3.99. The van der Waals surface area contributed by atoms with E-state index >= 15 is 0 Å². The number of anilines is 1. The summed E-state index contributed by atoms with van der Waals surface area (Å²) in [5.41, 5.74) is 2.14. The van der Waals surface area contributed by atoms with Gasteiger partial charge in [-0.25, -0.2) is 4.79 Å². The molecule has 1 aromatic carbocycles. The molecule has 0 unspecified atom stereocenters. The van der Waals surface area contributed by atoms with E-state index in [1.165, 1.54) is 0 Å². The molecule has 0 aliphatic heterocycles. The molecule has 0 heterocycles. The number of carbonyl (C=O) groups is 1. The number of amides is 2. The maximum absolute atomic E-state index is 12.3. The van der Waals surface area contributed by atoms with Gasteiger partial charge in [0.05, 0.1) is 0 Å². The van der Waals surface area contributed by atoms with Crippen molar-refractivity contribution in [3.8, 4) is 0 Å². The summed E-state index contributed by atoms with van der Waals surface area (Å²) in [5.74, 6) is 0. The molecule has 0 saturated carbocycles. The van der Waals surface area contributed by atoms with Crippen molar-refractivity contribution in [3.63, 3.8) is 0 Å². The third-order valence-corrected chi connectivity index (χ3v) is 2.99. The molecule has 0 spiro atoms. The van der Waals surface area contributed by atoms with Gasteiger partial charge in [0, 0.05) is 25.3 Å². The zero-order valence-corrected chi connectivity index (χ0v) is 11.2. The van der Waals surface area contributed by atoms with Crippen molar-refractivity contribution in [2.24, 2.45) is 0 Å². The van der Waals surface area contributed by atoms with Crippen LogP contribution in [0.5, 0.6) is 0 Å². The molecule has 0 bridgehead atoms. The molecule has 0 aromatic heterocycles. The van der Waals surface area contributed by atoms with Crippen LogP contribution in [-0.2, 0) is 0 Å². The summed E-state index contributed by atoms with van der Waals surface area (Å²) >= 11 is 0. The van der Waals surface area contributed by atoms with Crippen molar-refractivity contribution in [3.05, 3.63) is 29.8 Å². The Balaban J connectivity index is 3.00. The molecule has 17 heavy (non-hydrogen) atoms. The summed E-state index contributed by atoms with van der Waals surface area (Å²) < 4.78 is 0. The number of benzene rings is 1. The average Bonchev–Trinajstić information content (AvgIpc) is 2.34. The van der Waals surface area contributed by atoms with Crippen LogP contribution in [0.15, 0.2) is 24.3 Å². The minimum Gasteiger partial charge on any atom is -0.325 e. The van der Waals surface area contributed by atoms with Gasteiger partial charge in [0.25, 0.3) is 0 Å². The standard InChI is InChI=1S/C14H22N2O/c1-5-15(6-2)14(17)16(7-3)13-11-9-8-10-12(13)4/h8-11H,5-7H2,1-4H3. The van der Waals surface area contributed by atoms with Crippen molar-refractivity contribution in [1.29, 1.82) is 0 Å². The Kier molecular flexibility index (Phi) is 5.01. The molecule has 94 valence electrons. The van der Waals surface area contributed by atoms with Crippen molar-refractivity contribution in [2.75, 3.05) is 24.5 Å². The quantitative estimate of drug-likeness (QED) is 0.784. The van der Waals surface area contributed by atoms with Crippen LogP contribution in [0.3, 0.4) is 0 Å². The van der Waals surface area contributed by atoms with Gasteiger partial charge in [0.15, 0.2) is 0 Å². The zero-order chi connectivity index (χ0) is 12.8. The maximum Gasteiger partial charge on any atom is 0.324 e. The van der Waals surface area contributed by atoms with E-state index in [-0.39, 0.29) is 6.03 Å². The van der Waals surface area contributed by atoms with E-state index in [1.54, 1.807) is 0 Å². The molecule has 0 atom stereocenters. The van der Waals surface area contributed by atoms with Crippen molar-refractivity contribution < 1.29 is 4.79 Å². The van der Waals surface area contributed by atoms with Gasteiger partial charge in [-0.3, -0.25) is 4.90 Å². The summed E-state index contributed by atoms with van der Waals surface area (Å²) in [5, 5.41) is 0. The monoisotopic (exact) mass is 234 g/mol. The maximum atomic E-state index is 12.3. The lowest BCUT2D eigenvalue weighted by Crippen LogP contribution is -2.43.